The molecule has 7 heteroatoms. The van der Waals surface area contributed by atoms with Gasteiger partial charge in [-0.25, -0.2) is 4.98 Å². The second-order valence-corrected chi connectivity index (χ2v) is 8.20. The summed E-state index contributed by atoms with van der Waals surface area (Å²) in [6.45, 7) is 4.56. The van der Waals surface area contributed by atoms with E-state index >= 15 is 0 Å². The molecule has 2 aromatic carbocycles. The number of ether oxygens (including phenoxy) is 1. The number of amides is 1. The summed E-state index contributed by atoms with van der Waals surface area (Å²) in [7, 11) is 3.79. The molecule has 0 spiro atoms. The highest BCUT2D eigenvalue weighted by atomic mass is 32.1. The maximum Gasteiger partial charge on any atom is 0.271 e. The van der Waals surface area contributed by atoms with Gasteiger partial charge in [0.05, 0.1) is 12.7 Å². The number of benzene rings is 2. The number of nitrogens with one attached hydrogen (secondary N) is 1. The quantitative estimate of drug-likeness (QED) is 0.659. The van der Waals surface area contributed by atoms with Crippen molar-refractivity contribution in [2.45, 2.75) is 6.54 Å². The Kier molecular flexibility index (Phi) is 6.30. The number of carbonyl (C=O) groups is 1. The molecular weight excluding hydrogens is 396 g/mol. The molecular formula is C23H26N4O2S. The lowest BCUT2D eigenvalue weighted by Gasteiger charge is -2.35. The molecule has 1 N–H and O–H groups in total. The smallest absolute Gasteiger partial charge is 0.271 e. The summed E-state index contributed by atoms with van der Waals surface area (Å²) < 4.78 is 5.41. The van der Waals surface area contributed by atoms with Gasteiger partial charge in [0.25, 0.3) is 5.91 Å². The molecule has 1 aliphatic rings. The van der Waals surface area contributed by atoms with Gasteiger partial charge in [0, 0.05) is 43.8 Å². The molecule has 1 saturated heterocycles. The molecule has 0 radical (unpaired) electrons. The van der Waals surface area contributed by atoms with E-state index in [-0.39, 0.29) is 5.91 Å². The molecule has 30 heavy (non-hydrogen) atoms. The van der Waals surface area contributed by atoms with E-state index in [2.05, 4.69) is 45.3 Å². The first-order valence-electron chi connectivity index (χ1n) is 10.0. The number of likely N-dealkylation sites (N-methyl/N-ethyl adjacent to an activating group) is 1. The number of hydrogen-bond donors (Lipinski definition) is 1. The summed E-state index contributed by atoms with van der Waals surface area (Å²) in [5.74, 6) is 0.584. The number of anilines is 1. The Morgan fingerprint density at radius 1 is 1.10 bits per heavy atom. The zero-order valence-electron chi connectivity index (χ0n) is 17.3. The van der Waals surface area contributed by atoms with Crippen LogP contribution in [0, 0.1) is 0 Å². The van der Waals surface area contributed by atoms with E-state index < -0.39 is 0 Å². The molecule has 156 valence electrons. The van der Waals surface area contributed by atoms with Crippen molar-refractivity contribution in [3.63, 3.8) is 0 Å². The molecule has 1 aromatic heterocycles. The second-order valence-electron chi connectivity index (χ2n) is 7.34. The van der Waals surface area contributed by atoms with Crippen molar-refractivity contribution in [3.8, 4) is 16.3 Å². The first-order chi connectivity index (χ1) is 14.7. The minimum atomic E-state index is -0.166. The molecule has 4 rings (SSSR count). The van der Waals surface area contributed by atoms with Crippen LogP contribution in [0.3, 0.4) is 0 Å². The van der Waals surface area contributed by atoms with Crippen LogP contribution >= 0.6 is 11.3 Å². The molecule has 1 aliphatic heterocycles. The minimum absolute atomic E-state index is 0.166. The van der Waals surface area contributed by atoms with Gasteiger partial charge in [-0.3, -0.25) is 4.79 Å². The number of rotatable bonds is 6. The van der Waals surface area contributed by atoms with E-state index in [4.69, 9.17) is 4.74 Å². The topological polar surface area (TPSA) is 57.7 Å². The Morgan fingerprint density at radius 2 is 1.83 bits per heavy atom. The highest BCUT2D eigenvalue weighted by molar-refractivity contribution is 7.13. The van der Waals surface area contributed by atoms with Crippen LogP contribution in [0.15, 0.2) is 53.9 Å². The largest absolute Gasteiger partial charge is 0.496 e. The van der Waals surface area contributed by atoms with Gasteiger partial charge in [-0.1, -0.05) is 30.3 Å². The van der Waals surface area contributed by atoms with Gasteiger partial charge in [0.2, 0.25) is 0 Å². The number of methoxy groups -OCH3 is 1. The molecule has 0 atom stereocenters. The number of thiazole rings is 1. The Balaban J connectivity index is 1.44. The second kappa shape index (κ2) is 9.28. The summed E-state index contributed by atoms with van der Waals surface area (Å²) >= 11 is 1.44. The van der Waals surface area contributed by atoms with Crippen molar-refractivity contribution in [1.82, 2.24) is 15.2 Å². The Hall–Kier alpha value is -2.90. The predicted octanol–water partition coefficient (Wildman–Crippen LogP) is 3.50. The van der Waals surface area contributed by atoms with E-state index in [1.54, 1.807) is 12.5 Å². The maximum atomic E-state index is 12.7. The lowest BCUT2D eigenvalue weighted by atomic mass is 10.1. The summed E-state index contributed by atoms with van der Waals surface area (Å²) in [4.78, 5) is 22.0. The average Bonchev–Trinajstić information content (AvgIpc) is 3.28. The summed E-state index contributed by atoms with van der Waals surface area (Å²) in [6, 6.07) is 16.0. The van der Waals surface area contributed by atoms with E-state index in [9.17, 15) is 4.79 Å². The normalized spacial score (nSPS) is 14.5. The minimum Gasteiger partial charge on any atom is -0.496 e. The monoisotopic (exact) mass is 422 g/mol. The van der Waals surface area contributed by atoms with E-state index in [0.29, 0.717) is 12.2 Å². The number of hydrogen-bond acceptors (Lipinski definition) is 6. The molecule has 0 bridgehead atoms. The lowest BCUT2D eigenvalue weighted by molar-refractivity contribution is 0.0946. The molecule has 0 unspecified atom stereocenters. The third kappa shape index (κ3) is 4.47. The van der Waals surface area contributed by atoms with E-state index in [1.807, 2.05) is 30.3 Å². The van der Waals surface area contributed by atoms with Gasteiger partial charge in [0.1, 0.15) is 16.5 Å². The third-order valence-electron chi connectivity index (χ3n) is 5.35. The summed E-state index contributed by atoms with van der Waals surface area (Å²) in [5, 5.41) is 5.60. The SMILES string of the molecule is COc1ccccc1-c1nc(C(=O)NCc2ccccc2N2CCN(C)CC2)cs1. The Labute approximate surface area is 181 Å². The zero-order valence-corrected chi connectivity index (χ0v) is 18.1. The van der Waals surface area contributed by atoms with E-state index in [1.165, 1.54) is 17.0 Å². The molecule has 2 heterocycles. The molecule has 3 aromatic rings. The van der Waals surface area contributed by atoms with Crippen LogP contribution in [0.2, 0.25) is 0 Å². The van der Waals surface area contributed by atoms with Gasteiger partial charge in [0.15, 0.2) is 0 Å². The molecule has 0 aliphatic carbocycles. The van der Waals surface area contributed by atoms with Crippen LogP contribution in [0.4, 0.5) is 5.69 Å². The molecule has 1 fully saturated rings. The predicted molar refractivity (Wildman–Crippen MR) is 121 cm³/mol. The van der Waals surface area contributed by atoms with Crippen molar-refractivity contribution in [1.29, 1.82) is 0 Å². The van der Waals surface area contributed by atoms with Crippen LogP contribution in [0.1, 0.15) is 16.1 Å². The van der Waals surface area contributed by atoms with Gasteiger partial charge in [-0.05, 0) is 30.8 Å². The van der Waals surface area contributed by atoms with Gasteiger partial charge in [-0.2, -0.15) is 0 Å². The van der Waals surface area contributed by atoms with Crippen molar-refractivity contribution in [2.75, 3.05) is 45.2 Å². The van der Waals surface area contributed by atoms with E-state index in [0.717, 1.165) is 48.1 Å². The molecule has 6 nitrogen and oxygen atoms in total. The highest BCUT2D eigenvalue weighted by Gasteiger charge is 2.18. The maximum absolute atomic E-state index is 12.7. The third-order valence-corrected chi connectivity index (χ3v) is 6.22. The van der Waals surface area contributed by atoms with Crippen molar-refractivity contribution >= 4 is 22.9 Å². The van der Waals surface area contributed by atoms with Crippen molar-refractivity contribution in [2.24, 2.45) is 0 Å². The van der Waals surface area contributed by atoms with Gasteiger partial charge in [-0.15, -0.1) is 11.3 Å². The highest BCUT2D eigenvalue weighted by Crippen LogP contribution is 2.32. The number of carbonyl (C=O) groups excluding carboxylic acids is 1. The number of piperazine rings is 1. The standard InChI is InChI=1S/C23H26N4O2S/c1-26-11-13-27(14-12-26)20-9-5-3-7-17(20)15-24-22(28)19-16-30-23(25-19)18-8-4-6-10-21(18)29-2/h3-10,16H,11-15H2,1-2H3,(H,24,28). The molecule has 1 amide bonds. The van der Waals surface area contributed by atoms with Crippen LogP contribution in [-0.4, -0.2) is 56.1 Å². The summed E-state index contributed by atoms with van der Waals surface area (Å²) in [6.07, 6.45) is 0. The first-order valence-corrected chi connectivity index (χ1v) is 10.9. The van der Waals surface area contributed by atoms with Crippen LogP contribution < -0.4 is 15.0 Å². The summed E-state index contributed by atoms with van der Waals surface area (Å²) in [5.41, 5.74) is 3.64. The van der Waals surface area contributed by atoms with Crippen molar-refractivity contribution < 1.29 is 9.53 Å². The fourth-order valence-corrected chi connectivity index (χ4v) is 4.43. The van der Waals surface area contributed by atoms with Crippen molar-refractivity contribution in [3.05, 3.63) is 65.2 Å². The Morgan fingerprint density at radius 3 is 2.63 bits per heavy atom. The molecule has 0 saturated carbocycles. The lowest BCUT2D eigenvalue weighted by Crippen LogP contribution is -2.45. The number of para-hydroxylation sites is 2. The van der Waals surface area contributed by atoms with Crippen LogP contribution in [0.5, 0.6) is 5.75 Å². The van der Waals surface area contributed by atoms with Gasteiger partial charge >= 0.3 is 0 Å². The fourth-order valence-electron chi connectivity index (χ4n) is 3.61. The Bertz CT molecular complexity index is 1010. The van der Waals surface area contributed by atoms with Crippen LogP contribution in [-0.2, 0) is 6.54 Å². The first kappa shape index (κ1) is 20.4. The number of aromatic nitrogens is 1. The van der Waals surface area contributed by atoms with Gasteiger partial charge < -0.3 is 19.9 Å². The van der Waals surface area contributed by atoms with Crippen LogP contribution in [0.25, 0.3) is 10.6 Å². The number of nitrogens with zero attached hydrogens (tertiary/aromatic N) is 3. The zero-order chi connectivity index (χ0) is 20.9. The average molecular weight is 423 g/mol. The fraction of sp³-hybridized carbons (Fsp3) is 0.304.